The maximum atomic E-state index is 11.9. The van der Waals surface area contributed by atoms with E-state index in [1.54, 1.807) is 17.0 Å². The average Bonchev–Trinajstić information content (AvgIpc) is 2.78. The lowest BCUT2D eigenvalue weighted by atomic mass is 10.2. The summed E-state index contributed by atoms with van der Waals surface area (Å²) in [7, 11) is 0. The first-order valence-electron chi connectivity index (χ1n) is 5.93. The van der Waals surface area contributed by atoms with E-state index in [9.17, 15) is 9.59 Å². The van der Waals surface area contributed by atoms with E-state index >= 15 is 0 Å². The number of furan rings is 1. The normalized spacial score (nSPS) is 20.2. The third kappa shape index (κ3) is 2.70. The molecule has 6 heteroatoms. The minimum absolute atomic E-state index is 0.0266. The lowest BCUT2D eigenvalue weighted by molar-refractivity contribution is -0.137. The second-order valence-electron chi connectivity index (χ2n) is 4.30. The molecule has 1 unspecified atom stereocenters. The molecule has 2 heterocycles. The maximum absolute atomic E-state index is 11.9. The van der Waals surface area contributed by atoms with Crippen molar-refractivity contribution in [2.24, 2.45) is 0 Å². The zero-order valence-corrected chi connectivity index (χ0v) is 10.2. The first-order valence-corrected chi connectivity index (χ1v) is 5.93. The number of rotatable bonds is 4. The molecule has 1 amide bonds. The summed E-state index contributed by atoms with van der Waals surface area (Å²) in [5.74, 6) is 0.195. The summed E-state index contributed by atoms with van der Waals surface area (Å²) >= 11 is 0. The van der Waals surface area contributed by atoms with Crippen LogP contribution in [0.25, 0.3) is 0 Å². The third-order valence-corrected chi connectivity index (χ3v) is 2.92. The van der Waals surface area contributed by atoms with Crippen molar-refractivity contribution in [2.75, 3.05) is 18.0 Å². The summed E-state index contributed by atoms with van der Waals surface area (Å²) < 4.78 is 5.51. The number of carboxylic acids is 1. The average molecular weight is 252 g/mol. The molecule has 1 atom stereocenters. The summed E-state index contributed by atoms with van der Waals surface area (Å²) in [5, 5.41) is 11.7. The highest BCUT2D eigenvalue weighted by Crippen LogP contribution is 2.21. The lowest BCUT2D eigenvalue weighted by Gasteiger charge is -2.29. The van der Waals surface area contributed by atoms with Crippen LogP contribution in [0.2, 0.25) is 0 Å². The second kappa shape index (κ2) is 5.22. The number of anilines is 1. The van der Waals surface area contributed by atoms with Gasteiger partial charge in [0.1, 0.15) is 5.76 Å². The molecule has 18 heavy (non-hydrogen) atoms. The van der Waals surface area contributed by atoms with Crippen LogP contribution in [0.5, 0.6) is 0 Å². The van der Waals surface area contributed by atoms with Gasteiger partial charge in [-0.05, 0) is 13.0 Å². The molecule has 98 valence electrons. The molecule has 0 radical (unpaired) electrons. The van der Waals surface area contributed by atoms with Crippen molar-refractivity contribution in [2.45, 2.75) is 25.8 Å². The van der Waals surface area contributed by atoms with Crippen LogP contribution < -0.4 is 10.2 Å². The molecule has 1 aromatic heterocycles. The Morgan fingerprint density at radius 2 is 2.39 bits per heavy atom. The zero-order valence-electron chi connectivity index (χ0n) is 10.2. The van der Waals surface area contributed by atoms with Crippen LogP contribution in [-0.2, 0) is 16.0 Å². The molecule has 1 aliphatic heterocycles. The lowest BCUT2D eigenvalue weighted by Crippen LogP contribution is -2.53. The Balaban J connectivity index is 2.04. The van der Waals surface area contributed by atoms with Gasteiger partial charge in [0.2, 0.25) is 11.8 Å². The van der Waals surface area contributed by atoms with Gasteiger partial charge >= 0.3 is 5.97 Å². The minimum Gasteiger partial charge on any atom is -0.481 e. The van der Waals surface area contributed by atoms with Crippen molar-refractivity contribution in [1.29, 1.82) is 0 Å². The van der Waals surface area contributed by atoms with Crippen molar-refractivity contribution in [3.8, 4) is 0 Å². The van der Waals surface area contributed by atoms with Crippen LogP contribution in [0.1, 0.15) is 19.1 Å². The number of nitrogens with one attached hydrogen (secondary N) is 1. The van der Waals surface area contributed by atoms with Gasteiger partial charge in [-0.1, -0.05) is 0 Å². The number of carbonyl (C=O) groups excluding carboxylic acids is 1. The molecule has 1 aliphatic rings. The molecule has 0 bridgehead atoms. The van der Waals surface area contributed by atoms with Crippen LogP contribution in [0.3, 0.4) is 0 Å². The molecule has 6 nitrogen and oxygen atoms in total. The van der Waals surface area contributed by atoms with Crippen molar-refractivity contribution in [3.05, 3.63) is 17.9 Å². The van der Waals surface area contributed by atoms with Gasteiger partial charge in [-0.25, -0.2) is 0 Å². The van der Waals surface area contributed by atoms with Gasteiger partial charge in [0.05, 0.1) is 12.5 Å². The Morgan fingerprint density at radius 3 is 3.11 bits per heavy atom. The maximum Gasteiger partial charge on any atom is 0.303 e. The summed E-state index contributed by atoms with van der Waals surface area (Å²) in [6.45, 7) is 3.09. The fourth-order valence-corrected chi connectivity index (χ4v) is 1.92. The van der Waals surface area contributed by atoms with Gasteiger partial charge in [-0.15, -0.1) is 0 Å². The number of nitrogens with zero attached hydrogens (tertiary/aromatic N) is 1. The highest BCUT2D eigenvalue weighted by molar-refractivity contribution is 5.96. The quantitative estimate of drug-likeness (QED) is 0.821. The molecule has 1 saturated heterocycles. The number of amides is 1. The summed E-state index contributed by atoms with van der Waals surface area (Å²) in [5.41, 5.74) is 0. The number of hydrogen-bond acceptors (Lipinski definition) is 4. The molecule has 0 aromatic carbocycles. The van der Waals surface area contributed by atoms with Crippen LogP contribution in [0.4, 0.5) is 5.88 Å². The van der Waals surface area contributed by atoms with Crippen LogP contribution in [0.15, 0.2) is 16.5 Å². The standard InChI is InChI=1S/C12H16N2O4/c1-8-12(17)14(7-6-13-8)10-4-2-9(18-10)3-5-11(15)16/h2,4,8,13H,3,5-7H2,1H3,(H,15,16). The van der Waals surface area contributed by atoms with Gasteiger partial charge in [0.25, 0.3) is 0 Å². The molecule has 1 fully saturated rings. The number of aliphatic carboxylic acids is 1. The molecule has 0 spiro atoms. The monoisotopic (exact) mass is 252 g/mol. The molecule has 1 aromatic rings. The van der Waals surface area contributed by atoms with E-state index in [1.165, 1.54) is 0 Å². The van der Waals surface area contributed by atoms with Crippen LogP contribution in [0, 0.1) is 0 Å². The van der Waals surface area contributed by atoms with Gasteiger partial charge in [-0.3, -0.25) is 14.5 Å². The fourth-order valence-electron chi connectivity index (χ4n) is 1.92. The molecule has 2 N–H and O–H groups in total. The summed E-state index contributed by atoms with van der Waals surface area (Å²) in [6, 6.07) is 3.22. The number of carboxylic acid groups (broad SMARTS) is 1. The van der Waals surface area contributed by atoms with Crippen LogP contribution >= 0.6 is 0 Å². The fraction of sp³-hybridized carbons (Fsp3) is 0.500. The number of piperazine rings is 1. The number of hydrogen-bond donors (Lipinski definition) is 2. The first-order chi connectivity index (χ1) is 8.58. The molecule has 2 rings (SSSR count). The number of carbonyl (C=O) groups is 2. The van der Waals surface area contributed by atoms with E-state index in [-0.39, 0.29) is 18.4 Å². The van der Waals surface area contributed by atoms with E-state index in [0.717, 1.165) is 6.54 Å². The van der Waals surface area contributed by atoms with Gasteiger partial charge in [0.15, 0.2) is 0 Å². The topological polar surface area (TPSA) is 82.8 Å². The third-order valence-electron chi connectivity index (χ3n) is 2.92. The van der Waals surface area contributed by atoms with E-state index in [4.69, 9.17) is 9.52 Å². The summed E-state index contributed by atoms with van der Waals surface area (Å²) in [6.07, 6.45) is 0.365. The Kier molecular flexibility index (Phi) is 3.66. The first kappa shape index (κ1) is 12.6. The highest BCUT2D eigenvalue weighted by Gasteiger charge is 2.27. The Bertz CT molecular complexity index is 455. The highest BCUT2D eigenvalue weighted by atomic mass is 16.4. The predicted octanol–water partition coefficient (Wildman–Crippen LogP) is 0.621. The van der Waals surface area contributed by atoms with E-state index in [0.29, 0.717) is 24.6 Å². The smallest absolute Gasteiger partial charge is 0.303 e. The predicted molar refractivity (Wildman–Crippen MR) is 64.5 cm³/mol. The Morgan fingerprint density at radius 1 is 1.61 bits per heavy atom. The summed E-state index contributed by atoms with van der Waals surface area (Å²) in [4.78, 5) is 24.0. The van der Waals surface area contributed by atoms with Crippen LogP contribution in [-0.4, -0.2) is 36.1 Å². The van der Waals surface area contributed by atoms with Gasteiger partial charge in [0, 0.05) is 25.6 Å². The van der Waals surface area contributed by atoms with Crippen molar-refractivity contribution >= 4 is 17.8 Å². The van der Waals surface area contributed by atoms with Gasteiger partial charge in [-0.2, -0.15) is 0 Å². The second-order valence-corrected chi connectivity index (χ2v) is 4.30. The zero-order chi connectivity index (χ0) is 13.1. The van der Waals surface area contributed by atoms with Crippen molar-refractivity contribution < 1.29 is 19.1 Å². The Labute approximate surface area is 105 Å². The van der Waals surface area contributed by atoms with E-state index in [1.807, 2.05) is 6.92 Å². The van der Waals surface area contributed by atoms with Crippen molar-refractivity contribution in [1.82, 2.24) is 5.32 Å². The largest absolute Gasteiger partial charge is 0.481 e. The molecular weight excluding hydrogens is 236 g/mol. The molecular formula is C12H16N2O4. The molecule has 0 saturated carbocycles. The minimum atomic E-state index is -0.861. The number of aryl methyl sites for hydroxylation is 1. The van der Waals surface area contributed by atoms with E-state index < -0.39 is 5.97 Å². The molecule has 0 aliphatic carbocycles. The van der Waals surface area contributed by atoms with Gasteiger partial charge < -0.3 is 14.8 Å². The Hall–Kier alpha value is -1.82. The van der Waals surface area contributed by atoms with E-state index in [2.05, 4.69) is 5.32 Å². The SMILES string of the molecule is CC1NCCN(c2ccc(CCC(=O)O)o2)C1=O. The van der Waals surface area contributed by atoms with Crippen molar-refractivity contribution in [3.63, 3.8) is 0 Å².